The number of amides is 1. The van der Waals surface area contributed by atoms with Crippen LogP contribution < -0.4 is 19.7 Å². The summed E-state index contributed by atoms with van der Waals surface area (Å²) < 4.78 is 41.2. The summed E-state index contributed by atoms with van der Waals surface area (Å²) in [7, 11) is 0.0703. The van der Waals surface area contributed by atoms with Gasteiger partial charge in [0.05, 0.1) is 28.5 Å². The number of benzene rings is 3. The highest BCUT2D eigenvalue weighted by atomic mass is 32.2. The molecule has 0 saturated heterocycles. The Balaban J connectivity index is 1.64. The van der Waals surface area contributed by atoms with Crippen molar-refractivity contribution in [1.82, 2.24) is 0 Å². The Morgan fingerprint density at radius 2 is 1.89 bits per heavy atom. The van der Waals surface area contributed by atoms with Crippen LogP contribution in [0.4, 0.5) is 15.8 Å². The van der Waals surface area contributed by atoms with E-state index in [-0.39, 0.29) is 16.9 Å². The molecule has 3 aromatic carbocycles. The maximum Gasteiger partial charge on any atom is 0.224 e. The van der Waals surface area contributed by atoms with Crippen LogP contribution in [0.5, 0.6) is 11.5 Å². The zero-order chi connectivity index (χ0) is 27.0. The fourth-order valence-electron chi connectivity index (χ4n) is 5.21. The fourth-order valence-corrected chi connectivity index (χ4v) is 7.05. The lowest BCUT2D eigenvalue weighted by atomic mass is 9.88. The first-order valence-electron chi connectivity index (χ1n) is 12.5. The third-order valence-corrected chi connectivity index (χ3v) is 8.83. The van der Waals surface area contributed by atoms with Crippen molar-refractivity contribution in [2.75, 3.05) is 23.1 Å². The Morgan fingerprint density at radius 1 is 1.13 bits per heavy atom. The Kier molecular flexibility index (Phi) is 7.01. The van der Waals surface area contributed by atoms with Gasteiger partial charge >= 0.3 is 0 Å². The van der Waals surface area contributed by atoms with Gasteiger partial charge in [0.15, 0.2) is 0 Å². The first-order valence-corrected chi connectivity index (χ1v) is 13.8. The lowest BCUT2D eigenvalue weighted by Crippen LogP contribution is -2.38. The summed E-state index contributed by atoms with van der Waals surface area (Å²) in [6.07, 6.45) is 0.604. The van der Waals surface area contributed by atoms with E-state index < -0.39 is 22.7 Å². The highest BCUT2D eigenvalue weighted by Gasteiger charge is 2.44. The fraction of sp³-hybridized carbons (Fsp3) is 0.300. The molecular weight excluding hydrogens is 503 g/mol. The van der Waals surface area contributed by atoms with Crippen molar-refractivity contribution in [2.45, 2.75) is 39.8 Å². The van der Waals surface area contributed by atoms with Crippen molar-refractivity contribution >= 4 is 28.1 Å². The molecule has 2 heterocycles. The summed E-state index contributed by atoms with van der Waals surface area (Å²) in [4.78, 5) is 15.3. The van der Waals surface area contributed by atoms with Gasteiger partial charge in [0.1, 0.15) is 35.7 Å². The highest BCUT2D eigenvalue weighted by molar-refractivity contribution is 7.89. The van der Waals surface area contributed by atoms with Gasteiger partial charge in [0.2, 0.25) is 5.91 Å². The van der Waals surface area contributed by atoms with Gasteiger partial charge in [0.25, 0.3) is 0 Å². The molecule has 0 aliphatic carbocycles. The second kappa shape index (κ2) is 10.3. The number of halogens is 1. The van der Waals surface area contributed by atoms with Gasteiger partial charge in [-0.05, 0) is 41.7 Å². The van der Waals surface area contributed by atoms with Gasteiger partial charge in [-0.15, -0.1) is 0 Å². The third kappa shape index (κ3) is 4.92. The van der Waals surface area contributed by atoms with E-state index in [2.05, 4.69) is 19.2 Å². The average molecular weight is 535 g/mol. The molecule has 3 aromatic rings. The van der Waals surface area contributed by atoms with Crippen molar-refractivity contribution in [3.8, 4) is 11.5 Å². The van der Waals surface area contributed by atoms with Gasteiger partial charge in [0, 0.05) is 30.0 Å². The molecule has 0 saturated carbocycles. The zero-order valence-electron chi connectivity index (χ0n) is 21.9. The van der Waals surface area contributed by atoms with E-state index in [1.54, 1.807) is 18.2 Å². The molecule has 2 aliphatic rings. The summed E-state index contributed by atoms with van der Waals surface area (Å²) in [6, 6.07) is 18.8. The molecule has 1 amide bonds. The van der Waals surface area contributed by atoms with Crippen LogP contribution in [0.25, 0.3) is 0 Å². The molecule has 0 spiro atoms. The molecule has 198 valence electrons. The number of anilines is 2. The van der Waals surface area contributed by atoms with Crippen LogP contribution >= 0.6 is 0 Å². The van der Waals surface area contributed by atoms with E-state index >= 15 is 4.39 Å². The van der Waals surface area contributed by atoms with Crippen LogP contribution in [0.2, 0.25) is 0 Å². The predicted octanol–water partition coefficient (Wildman–Crippen LogP) is 6.32. The Bertz CT molecular complexity index is 1440. The molecule has 8 heteroatoms. The summed E-state index contributed by atoms with van der Waals surface area (Å²) in [5.41, 5.74) is 2.85. The number of carbonyl (C=O) groups is 1. The second-order valence-electron chi connectivity index (χ2n) is 10.4. The Labute approximate surface area is 224 Å². The molecule has 0 aromatic heterocycles. The third-order valence-electron chi connectivity index (χ3n) is 6.83. The number of rotatable bonds is 5. The van der Waals surface area contributed by atoms with Crippen LogP contribution in [0.3, 0.4) is 0 Å². The molecular formula is C30H31FN2O4S. The monoisotopic (exact) mass is 534 g/mol. The number of allylic oxidation sites excluding steroid dienone is 1. The number of nitrogens with one attached hydrogen (secondary N) is 1. The first kappa shape index (κ1) is 26.0. The van der Waals surface area contributed by atoms with E-state index in [9.17, 15) is 9.00 Å². The maximum atomic E-state index is 15.9. The number of hydrogen-bond acceptors (Lipinski definition) is 5. The molecule has 5 rings (SSSR count). The largest absolute Gasteiger partial charge is 0.494 e. The van der Waals surface area contributed by atoms with E-state index in [4.69, 9.17) is 9.47 Å². The normalized spacial score (nSPS) is 20.1. The smallest absolute Gasteiger partial charge is 0.224 e. The minimum absolute atomic E-state index is 0.237. The highest BCUT2D eigenvalue weighted by Crippen LogP contribution is 2.51. The average Bonchev–Trinajstić information content (AvgIpc) is 3.01. The molecule has 0 radical (unpaired) electrons. The Hall–Kier alpha value is -3.65. The van der Waals surface area contributed by atoms with Crippen LogP contribution in [-0.2, 0) is 22.2 Å². The van der Waals surface area contributed by atoms with Gasteiger partial charge in [-0.2, -0.15) is 0 Å². The number of fused-ring (bicyclic) bond motifs is 1. The summed E-state index contributed by atoms with van der Waals surface area (Å²) in [6.45, 7) is 5.85. The van der Waals surface area contributed by atoms with Crippen LogP contribution in [-0.4, -0.2) is 23.0 Å². The van der Waals surface area contributed by atoms with E-state index in [1.807, 2.05) is 42.5 Å². The van der Waals surface area contributed by atoms with Crippen molar-refractivity contribution in [3.63, 3.8) is 0 Å². The van der Waals surface area contributed by atoms with Crippen molar-refractivity contribution < 1.29 is 22.9 Å². The van der Waals surface area contributed by atoms with Crippen LogP contribution in [0.1, 0.15) is 44.4 Å². The number of methoxy groups -OCH3 is 1. The molecule has 2 atom stereocenters. The summed E-state index contributed by atoms with van der Waals surface area (Å²) >= 11 is 0. The molecule has 6 nitrogen and oxygen atoms in total. The number of hydrogen-bond donors (Lipinski definition) is 1. The molecule has 2 aliphatic heterocycles. The quantitative estimate of drug-likeness (QED) is 0.415. The van der Waals surface area contributed by atoms with Crippen molar-refractivity contribution in [3.05, 3.63) is 94.3 Å². The summed E-state index contributed by atoms with van der Waals surface area (Å²) in [5.74, 6) is 0.377. The van der Waals surface area contributed by atoms with Gasteiger partial charge in [-0.3, -0.25) is 13.9 Å². The van der Waals surface area contributed by atoms with E-state index in [0.717, 1.165) is 11.3 Å². The summed E-state index contributed by atoms with van der Waals surface area (Å²) in [5, 5.41) is 3.44. The molecule has 2 unspecified atom stereocenters. The first-order chi connectivity index (χ1) is 18.2. The SMILES string of the molecule is COc1cccc2c1N(C(C)=O)C(c1ccc(OCc3ccccc3)cc1F)C1=C(CC(C)(C)CS1=O)N2. The molecule has 0 bridgehead atoms. The zero-order valence-corrected chi connectivity index (χ0v) is 22.7. The van der Waals surface area contributed by atoms with Crippen LogP contribution in [0.15, 0.2) is 77.3 Å². The number of carbonyl (C=O) groups excluding carboxylic acids is 1. The minimum atomic E-state index is -1.46. The molecule has 1 N–H and O–H groups in total. The lowest BCUT2D eigenvalue weighted by Gasteiger charge is -2.37. The van der Waals surface area contributed by atoms with Gasteiger partial charge in [-0.1, -0.05) is 50.2 Å². The van der Waals surface area contributed by atoms with E-state index in [0.29, 0.717) is 46.6 Å². The second-order valence-corrected chi connectivity index (χ2v) is 11.8. The number of nitrogens with zero attached hydrogens (tertiary/aromatic N) is 1. The van der Waals surface area contributed by atoms with E-state index in [1.165, 1.54) is 25.0 Å². The van der Waals surface area contributed by atoms with Gasteiger partial charge < -0.3 is 14.8 Å². The number of ether oxygens (including phenoxy) is 2. The maximum absolute atomic E-state index is 15.9. The standard InChI is InChI=1S/C30H31FN2O4S/c1-19(34)33-27(22-14-13-21(15-23(22)31)37-17-20-9-6-5-7-10-20)29-25(16-30(2,3)18-38(29)35)32-24-11-8-12-26(36-4)28(24)33/h5-15,27,32H,16-18H2,1-4H3. The molecule has 38 heavy (non-hydrogen) atoms. The Morgan fingerprint density at radius 3 is 2.58 bits per heavy atom. The molecule has 0 fully saturated rings. The number of para-hydroxylation sites is 1. The van der Waals surface area contributed by atoms with Crippen LogP contribution in [0, 0.1) is 11.2 Å². The van der Waals surface area contributed by atoms with Crippen molar-refractivity contribution in [1.29, 1.82) is 0 Å². The van der Waals surface area contributed by atoms with Gasteiger partial charge in [-0.25, -0.2) is 4.39 Å². The van der Waals surface area contributed by atoms with Crippen molar-refractivity contribution in [2.24, 2.45) is 5.41 Å². The minimum Gasteiger partial charge on any atom is -0.494 e. The lowest BCUT2D eigenvalue weighted by molar-refractivity contribution is -0.116. The topological polar surface area (TPSA) is 67.9 Å². The predicted molar refractivity (Wildman–Crippen MR) is 148 cm³/mol.